The number of fused-ring (bicyclic) bond motifs is 1. The van der Waals surface area contributed by atoms with Gasteiger partial charge in [-0.1, -0.05) is 63.5 Å². The lowest BCUT2D eigenvalue weighted by Gasteiger charge is -2.28. The molecule has 8 nitrogen and oxygen atoms in total. The van der Waals surface area contributed by atoms with E-state index in [9.17, 15) is 9.59 Å². The number of nitrogens with zero attached hydrogens (tertiary/aromatic N) is 4. The Hall–Kier alpha value is -3.33. The Morgan fingerprint density at radius 3 is 2.50 bits per heavy atom. The Morgan fingerprint density at radius 1 is 1.11 bits per heavy atom. The predicted octanol–water partition coefficient (Wildman–Crippen LogP) is 2.76. The summed E-state index contributed by atoms with van der Waals surface area (Å²) in [4.78, 5) is 25.9. The third-order valence-corrected chi connectivity index (χ3v) is 4.90. The molecule has 28 heavy (non-hydrogen) atoms. The van der Waals surface area contributed by atoms with Crippen molar-refractivity contribution < 1.29 is 14.3 Å². The zero-order valence-electron chi connectivity index (χ0n) is 14.7. The second-order valence-electron chi connectivity index (χ2n) is 6.00. The number of hydrogen-bond acceptors (Lipinski definition) is 7. The minimum absolute atomic E-state index is 0.0200. The number of Topliss-reactive ketones (excluding diaryl/α,β-unsaturated/α-hetero) is 1. The Bertz CT molecular complexity index is 1080. The number of halogens is 1. The Kier molecular flexibility index (Phi) is 4.74. The van der Waals surface area contributed by atoms with Gasteiger partial charge < -0.3 is 10.1 Å². The largest absolute Gasteiger partial charge is 0.464 e. The summed E-state index contributed by atoms with van der Waals surface area (Å²) in [6, 6.07) is 15.4. The van der Waals surface area contributed by atoms with E-state index in [0.717, 1.165) is 10.0 Å². The summed E-state index contributed by atoms with van der Waals surface area (Å²) in [7, 11) is 1.26. The third-order valence-electron chi connectivity index (χ3n) is 4.37. The van der Waals surface area contributed by atoms with E-state index in [2.05, 4.69) is 36.8 Å². The van der Waals surface area contributed by atoms with Gasteiger partial charge in [-0.05, 0) is 28.1 Å². The fourth-order valence-corrected chi connectivity index (χ4v) is 3.35. The number of rotatable bonds is 4. The zero-order valence-corrected chi connectivity index (χ0v) is 16.3. The van der Waals surface area contributed by atoms with Crippen LogP contribution in [-0.2, 0) is 9.53 Å². The maximum absolute atomic E-state index is 13.4. The summed E-state index contributed by atoms with van der Waals surface area (Å²) in [6.45, 7) is 0. The first-order valence-corrected chi connectivity index (χ1v) is 9.12. The number of aromatic nitrogens is 4. The summed E-state index contributed by atoms with van der Waals surface area (Å²) in [5.74, 6) is -0.740. The number of carbonyl (C=O) groups excluding carboxylic acids is 2. The number of ether oxygens (including phenoxy) is 1. The molecule has 0 aliphatic carbocycles. The van der Waals surface area contributed by atoms with Gasteiger partial charge >= 0.3 is 5.97 Å². The summed E-state index contributed by atoms with van der Waals surface area (Å²) in [6.07, 6.45) is 0. The van der Waals surface area contributed by atoms with E-state index in [1.165, 1.54) is 11.8 Å². The summed E-state index contributed by atoms with van der Waals surface area (Å²) >= 11 is 3.41. The topological polar surface area (TPSA) is 99.0 Å². The van der Waals surface area contributed by atoms with E-state index in [-0.39, 0.29) is 23.0 Å². The van der Waals surface area contributed by atoms with Gasteiger partial charge in [-0.15, -0.1) is 0 Å². The van der Waals surface area contributed by atoms with Crippen molar-refractivity contribution in [2.24, 2.45) is 0 Å². The lowest BCUT2D eigenvalue weighted by atomic mass is 9.89. The Morgan fingerprint density at radius 2 is 1.82 bits per heavy atom. The maximum Gasteiger partial charge on any atom is 0.355 e. The molecule has 1 N–H and O–H groups in total. The molecular formula is C19H14BrN5O3. The molecule has 0 saturated heterocycles. The highest BCUT2D eigenvalue weighted by Gasteiger charge is 2.38. The molecule has 1 atom stereocenters. The van der Waals surface area contributed by atoms with Crippen molar-refractivity contribution in [3.8, 4) is 0 Å². The fourth-order valence-electron chi connectivity index (χ4n) is 3.09. The minimum Gasteiger partial charge on any atom is -0.464 e. The van der Waals surface area contributed by atoms with Gasteiger partial charge in [-0.2, -0.15) is 4.68 Å². The first-order valence-electron chi connectivity index (χ1n) is 8.32. The molecule has 3 aromatic rings. The number of tetrazole rings is 1. The molecule has 4 rings (SSSR count). The van der Waals surface area contributed by atoms with Crippen molar-refractivity contribution in [1.29, 1.82) is 0 Å². The second kappa shape index (κ2) is 7.35. The van der Waals surface area contributed by atoms with E-state index < -0.39 is 12.0 Å². The average Bonchev–Trinajstić information content (AvgIpc) is 3.21. The Balaban J connectivity index is 1.95. The summed E-state index contributed by atoms with van der Waals surface area (Å²) < 4.78 is 7.27. The molecule has 0 amide bonds. The van der Waals surface area contributed by atoms with Gasteiger partial charge in [-0.3, -0.25) is 4.79 Å². The van der Waals surface area contributed by atoms with Crippen LogP contribution in [-0.4, -0.2) is 39.1 Å². The van der Waals surface area contributed by atoms with Crippen LogP contribution in [0.2, 0.25) is 0 Å². The zero-order chi connectivity index (χ0) is 19.7. The minimum atomic E-state index is -0.693. The summed E-state index contributed by atoms with van der Waals surface area (Å²) in [5.41, 5.74) is 1.42. The summed E-state index contributed by atoms with van der Waals surface area (Å²) in [5, 5.41) is 14.5. The average molecular weight is 440 g/mol. The number of esters is 1. The van der Waals surface area contributed by atoms with E-state index in [4.69, 9.17) is 4.74 Å². The lowest BCUT2D eigenvalue weighted by Crippen LogP contribution is -2.32. The van der Waals surface area contributed by atoms with E-state index >= 15 is 0 Å². The molecule has 2 aromatic carbocycles. The Labute approximate surface area is 168 Å². The first-order chi connectivity index (χ1) is 13.6. The molecule has 140 valence electrons. The fraction of sp³-hybridized carbons (Fsp3) is 0.105. The standard InChI is InChI=1S/C19H14BrN5O3/c1-28-18(27)15-14(17(26)12-5-3-2-4-6-12)16(11-7-9-13(20)10-8-11)25-19(21-15)22-23-24-25/h2-10,16H,1H3,(H,21,22,24)/t16-/m0/s1. The third kappa shape index (κ3) is 3.09. The van der Waals surface area contributed by atoms with Crippen molar-refractivity contribution in [3.05, 3.63) is 81.5 Å². The van der Waals surface area contributed by atoms with Crippen LogP contribution < -0.4 is 5.32 Å². The lowest BCUT2D eigenvalue weighted by molar-refractivity contribution is -0.136. The molecule has 9 heteroatoms. The quantitative estimate of drug-likeness (QED) is 0.492. The SMILES string of the molecule is COC(=O)C1=C(C(=O)c2ccccc2)[C@H](c2ccc(Br)cc2)n2nnnc2N1. The number of ketones is 1. The van der Waals surface area contributed by atoms with Gasteiger partial charge in [0.1, 0.15) is 11.7 Å². The van der Waals surface area contributed by atoms with Gasteiger partial charge in [0.25, 0.3) is 0 Å². The van der Waals surface area contributed by atoms with E-state index in [0.29, 0.717) is 5.56 Å². The molecule has 1 aliphatic heterocycles. The number of hydrogen-bond donors (Lipinski definition) is 1. The smallest absolute Gasteiger partial charge is 0.355 e. The van der Waals surface area contributed by atoms with Crippen LogP contribution >= 0.6 is 15.9 Å². The molecule has 0 unspecified atom stereocenters. The molecule has 1 aliphatic rings. The van der Waals surface area contributed by atoms with Crippen LogP contribution in [0.25, 0.3) is 0 Å². The number of anilines is 1. The predicted molar refractivity (Wildman–Crippen MR) is 104 cm³/mol. The van der Waals surface area contributed by atoms with Crippen molar-refractivity contribution >= 4 is 33.6 Å². The molecule has 0 spiro atoms. The number of benzene rings is 2. The molecule has 0 fully saturated rings. The van der Waals surface area contributed by atoms with Crippen molar-refractivity contribution in [3.63, 3.8) is 0 Å². The van der Waals surface area contributed by atoms with Gasteiger partial charge in [-0.25, -0.2) is 4.79 Å². The first kappa shape index (κ1) is 18.1. The highest BCUT2D eigenvalue weighted by Crippen LogP contribution is 2.36. The van der Waals surface area contributed by atoms with E-state index in [1.807, 2.05) is 30.3 Å². The van der Waals surface area contributed by atoms with Crippen LogP contribution in [0.1, 0.15) is 22.0 Å². The molecule has 1 aromatic heterocycles. The van der Waals surface area contributed by atoms with Gasteiger partial charge in [0, 0.05) is 10.0 Å². The number of carbonyl (C=O) groups is 2. The van der Waals surface area contributed by atoms with Gasteiger partial charge in [0.2, 0.25) is 5.95 Å². The molecular weight excluding hydrogens is 426 g/mol. The monoisotopic (exact) mass is 439 g/mol. The van der Waals surface area contributed by atoms with Crippen LogP contribution in [0.3, 0.4) is 0 Å². The van der Waals surface area contributed by atoms with Gasteiger partial charge in [0.05, 0.1) is 12.7 Å². The highest BCUT2D eigenvalue weighted by atomic mass is 79.9. The number of nitrogens with one attached hydrogen (secondary N) is 1. The molecule has 0 bridgehead atoms. The second-order valence-corrected chi connectivity index (χ2v) is 6.92. The number of allylic oxidation sites excluding steroid dienone is 1. The molecule has 0 radical (unpaired) electrons. The van der Waals surface area contributed by atoms with E-state index in [1.54, 1.807) is 24.3 Å². The van der Waals surface area contributed by atoms with Crippen molar-refractivity contribution in [1.82, 2.24) is 20.2 Å². The van der Waals surface area contributed by atoms with Crippen LogP contribution in [0.4, 0.5) is 5.95 Å². The highest BCUT2D eigenvalue weighted by molar-refractivity contribution is 9.10. The molecule has 2 heterocycles. The van der Waals surface area contributed by atoms with Crippen LogP contribution in [0.5, 0.6) is 0 Å². The number of methoxy groups -OCH3 is 1. The normalized spacial score (nSPS) is 15.6. The molecule has 0 saturated carbocycles. The van der Waals surface area contributed by atoms with Crippen molar-refractivity contribution in [2.45, 2.75) is 6.04 Å². The van der Waals surface area contributed by atoms with Crippen LogP contribution in [0.15, 0.2) is 70.3 Å². The maximum atomic E-state index is 13.4. The van der Waals surface area contributed by atoms with Crippen molar-refractivity contribution in [2.75, 3.05) is 12.4 Å². The van der Waals surface area contributed by atoms with Gasteiger partial charge in [0.15, 0.2) is 5.78 Å². The van der Waals surface area contributed by atoms with Crippen LogP contribution in [0, 0.1) is 0 Å².